The molecule has 1 fully saturated rings. The van der Waals surface area contributed by atoms with Gasteiger partial charge in [0.15, 0.2) is 0 Å². The van der Waals surface area contributed by atoms with E-state index in [1.807, 2.05) is 18.2 Å². The molecule has 0 spiro atoms. The summed E-state index contributed by atoms with van der Waals surface area (Å²) in [5, 5.41) is 3.11. The number of nitrogens with one attached hydrogen (secondary N) is 1. The first-order valence-electron chi connectivity index (χ1n) is 13.8. The summed E-state index contributed by atoms with van der Waals surface area (Å²) < 4.78 is 30.0. The second-order valence-corrected chi connectivity index (χ2v) is 12.8. The maximum atomic E-state index is 13.4. The molecular formula is C30H40N4O4S. The largest absolute Gasteiger partial charge is 0.351 e. The van der Waals surface area contributed by atoms with Crippen LogP contribution < -0.4 is 10.7 Å². The van der Waals surface area contributed by atoms with Gasteiger partial charge in [-0.3, -0.25) is 14.5 Å². The van der Waals surface area contributed by atoms with Crippen molar-refractivity contribution >= 4 is 26.8 Å². The summed E-state index contributed by atoms with van der Waals surface area (Å²) in [5.41, 5.74) is 1.30. The standard InChI is InChI=1S/C30H40N4O4S/c1-22(2)34(20-23-11-7-5-8-12-23)18-17-31-30(36)27-21-32(3)28-16-15-25(19-26(28)29(27)35)39(37,38)33(4)24-13-9-6-10-14-24/h5,7-8,11-12,15-16,19,21-22,24H,6,9-10,13-14,17-18,20H2,1-4H3,(H,31,36). The number of hydrogen-bond donors (Lipinski definition) is 1. The predicted molar refractivity (Wildman–Crippen MR) is 155 cm³/mol. The number of aromatic nitrogens is 1. The molecule has 2 aromatic carbocycles. The lowest BCUT2D eigenvalue weighted by Gasteiger charge is -2.30. The molecule has 39 heavy (non-hydrogen) atoms. The fourth-order valence-corrected chi connectivity index (χ4v) is 6.79. The molecule has 0 unspecified atom stereocenters. The van der Waals surface area contributed by atoms with Gasteiger partial charge in [-0.15, -0.1) is 0 Å². The Bertz CT molecular complexity index is 1460. The second kappa shape index (κ2) is 12.4. The molecule has 0 saturated heterocycles. The Labute approximate surface area is 231 Å². The summed E-state index contributed by atoms with van der Waals surface area (Å²) in [6.07, 6.45) is 6.37. The fourth-order valence-electron chi connectivity index (χ4n) is 5.35. The van der Waals surface area contributed by atoms with Crippen LogP contribution >= 0.6 is 0 Å². The highest BCUT2D eigenvalue weighted by atomic mass is 32.2. The molecule has 1 N–H and O–H groups in total. The number of carbonyl (C=O) groups excluding carboxylic acids is 1. The van der Waals surface area contributed by atoms with Gasteiger partial charge in [0.05, 0.1) is 10.4 Å². The number of nitrogens with zero attached hydrogens (tertiary/aromatic N) is 3. The van der Waals surface area contributed by atoms with Crippen molar-refractivity contribution in [3.8, 4) is 0 Å². The highest BCUT2D eigenvalue weighted by Crippen LogP contribution is 2.27. The number of sulfonamides is 1. The maximum absolute atomic E-state index is 13.4. The molecule has 1 amide bonds. The normalized spacial score (nSPS) is 14.9. The van der Waals surface area contributed by atoms with Gasteiger partial charge in [-0.05, 0) is 50.5 Å². The molecular weight excluding hydrogens is 512 g/mol. The fraction of sp³-hybridized carbons (Fsp3) is 0.467. The van der Waals surface area contributed by atoms with Crippen molar-refractivity contribution in [2.75, 3.05) is 20.1 Å². The van der Waals surface area contributed by atoms with Crippen LogP contribution in [0.25, 0.3) is 10.9 Å². The Morgan fingerprint density at radius 1 is 1.08 bits per heavy atom. The van der Waals surface area contributed by atoms with Crippen molar-refractivity contribution in [2.24, 2.45) is 7.05 Å². The van der Waals surface area contributed by atoms with E-state index in [1.165, 1.54) is 22.1 Å². The molecule has 1 saturated carbocycles. The van der Waals surface area contributed by atoms with Gasteiger partial charge in [0, 0.05) is 57.4 Å². The third kappa shape index (κ3) is 6.59. The number of carbonyl (C=O) groups is 1. The zero-order valence-corrected chi connectivity index (χ0v) is 24.2. The van der Waals surface area contributed by atoms with Crippen LogP contribution in [0.5, 0.6) is 0 Å². The van der Waals surface area contributed by atoms with Gasteiger partial charge in [0.1, 0.15) is 5.56 Å². The van der Waals surface area contributed by atoms with Crippen molar-refractivity contribution in [3.63, 3.8) is 0 Å². The van der Waals surface area contributed by atoms with E-state index in [1.54, 1.807) is 30.8 Å². The topological polar surface area (TPSA) is 91.7 Å². The number of aryl methyl sites for hydroxylation is 1. The van der Waals surface area contributed by atoms with Gasteiger partial charge in [-0.2, -0.15) is 4.31 Å². The summed E-state index contributed by atoms with van der Waals surface area (Å²) in [6.45, 7) is 5.99. The molecule has 210 valence electrons. The van der Waals surface area contributed by atoms with E-state index in [2.05, 4.69) is 36.2 Å². The number of rotatable bonds is 10. The van der Waals surface area contributed by atoms with Gasteiger partial charge in [0.25, 0.3) is 5.91 Å². The Balaban J connectivity index is 1.53. The number of benzene rings is 2. The molecule has 0 atom stereocenters. The van der Waals surface area contributed by atoms with E-state index < -0.39 is 21.4 Å². The van der Waals surface area contributed by atoms with E-state index in [4.69, 9.17) is 0 Å². The minimum Gasteiger partial charge on any atom is -0.351 e. The quantitative estimate of drug-likeness (QED) is 0.408. The Kier molecular flexibility index (Phi) is 9.25. The highest BCUT2D eigenvalue weighted by molar-refractivity contribution is 7.89. The number of amides is 1. The second-order valence-electron chi connectivity index (χ2n) is 10.8. The average molecular weight is 553 g/mol. The van der Waals surface area contributed by atoms with E-state index in [0.717, 1.165) is 38.6 Å². The monoisotopic (exact) mass is 552 g/mol. The highest BCUT2D eigenvalue weighted by Gasteiger charge is 2.29. The zero-order chi connectivity index (χ0) is 28.2. The van der Waals surface area contributed by atoms with Crippen molar-refractivity contribution < 1.29 is 13.2 Å². The lowest BCUT2D eigenvalue weighted by molar-refractivity contribution is 0.0942. The first-order valence-corrected chi connectivity index (χ1v) is 15.2. The summed E-state index contributed by atoms with van der Waals surface area (Å²) in [5.74, 6) is -0.464. The molecule has 0 bridgehead atoms. The van der Waals surface area contributed by atoms with E-state index in [0.29, 0.717) is 18.6 Å². The summed E-state index contributed by atoms with van der Waals surface area (Å²) >= 11 is 0. The first-order chi connectivity index (χ1) is 18.6. The van der Waals surface area contributed by atoms with Crippen molar-refractivity contribution in [1.29, 1.82) is 0 Å². The molecule has 1 aliphatic rings. The van der Waals surface area contributed by atoms with Crippen LogP contribution in [-0.2, 0) is 23.6 Å². The molecule has 0 aliphatic heterocycles. The molecule has 1 heterocycles. The Hall–Kier alpha value is -3.01. The smallest absolute Gasteiger partial charge is 0.256 e. The molecule has 4 rings (SSSR count). The van der Waals surface area contributed by atoms with E-state index >= 15 is 0 Å². The van der Waals surface area contributed by atoms with Gasteiger partial charge in [0.2, 0.25) is 15.5 Å². The van der Waals surface area contributed by atoms with Crippen LogP contribution in [0.4, 0.5) is 0 Å². The van der Waals surface area contributed by atoms with Crippen LogP contribution in [0.15, 0.2) is 64.4 Å². The lowest BCUT2D eigenvalue weighted by atomic mass is 9.96. The van der Waals surface area contributed by atoms with Crippen molar-refractivity contribution in [3.05, 3.63) is 76.1 Å². The summed E-state index contributed by atoms with van der Waals surface area (Å²) in [4.78, 5) is 28.9. The average Bonchev–Trinajstić information content (AvgIpc) is 2.94. The minimum atomic E-state index is -3.77. The number of hydrogen-bond acceptors (Lipinski definition) is 5. The lowest BCUT2D eigenvalue weighted by Crippen LogP contribution is -2.39. The molecule has 0 radical (unpaired) electrons. The van der Waals surface area contributed by atoms with Crippen LogP contribution in [0, 0.1) is 0 Å². The molecule has 1 aromatic heterocycles. The van der Waals surface area contributed by atoms with Gasteiger partial charge >= 0.3 is 0 Å². The van der Waals surface area contributed by atoms with E-state index in [-0.39, 0.29) is 27.9 Å². The zero-order valence-electron chi connectivity index (χ0n) is 23.4. The Morgan fingerprint density at radius 3 is 2.44 bits per heavy atom. The van der Waals surface area contributed by atoms with Gasteiger partial charge < -0.3 is 9.88 Å². The van der Waals surface area contributed by atoms with Crippen LogP contribution in [0.3, 0.4) is 0 Å². The van der Waals surface area contributed by atoms with Gasteiger partial charge in [-0.1, -0.05) is 49.6 Å². The minimum absolute atomic E-state index is 0.000612. The van der Waals surface area contributed by atoms with E-state index in [9.17, 15) is 18.0 Å². The summed E-state index contributed by atoms with van der Waals surface area (Å²) in [7, 11) is -0.399. The third-order valence-corrected chi connectivity index (χ3v) is 9.72. The number of pyridine rings is 1. The van der Waals surface area contributed by atoms with Gasteiger partial charge in [-0.25, -0.2) is 8.42 Å². The van der Waals surface area contributed by atoms with Crippen LogP contribution in [0.2, 0.25) is 0 Å². The van der Waals surface area contributed by atoms with Crippen molar-refractivity contribution in [1.82, 2.24) is 19.1 Å². The SMILES string of the molecule is CC(C)N(CCNC(=O)c1cn(C)c2ccc(S(=O)(=O)N(C)C3CCCCC3)cc2c1=O)Cc1ccccc1. The van der Waals surface area contributed by atoms with Crippen LogP contribution in [0.1, 0.15) is 61.9 Å². The summed E-state index contributed by atoms with van der Waals surface area (Å²) in [6, 6.07) is 15.0. The Morgan fingerprint density at radius 2 is 1.77 bits per heavy atom. The molecule has 1 aliphatic carbocycles. The molecule has 8 nitrogen and oxygen atoms in total. The maximum Gasteiger partial charge on any atom is 0.256 e. The van der Waals surface area contributed by atoms with Crippen molar-refractivity contribution in [2.45, 2.75) is 69.5 Å². The third-order valence-electron chi connectivity index (χ3n) is 7.81. The molecule has 9 heteroatoms. The number of fused-ring (bicyclic) bond motifs is 1. The molecule has 3 aromatic rings. The van der Waals surface area contributed by atoms with Crippen LogP contribution in [-0.4, -0.2) is 60.3 Å². The predicted octanol–water partition coefficient (Wildman–Crippen LogP) is 4.13. The first kappa shape index (κ1) is 29.0.